The Morgan fingerprint density at radius 2 is 2.17 bits per heavy atom. The molecule has 1 aromatic rings. The van der Waals surface area contributed by atoms with Crippen molar-refractivity contribution in [1.82, 2.24) is 9.55 Å². The number of thioether (sulfide) groups is 1. The molecular formula is C13H18N2O2S. The van der Waals surface area contributed by atoms with Gasteiger partial charge in [0.05, 0.1) is 11.6 Å². The molecule has 1 atom stereocenters. The summed E-state index contributed by atoms with van der Waals surface area (Å²) in [5, 5.41) is 9.08. The van der Waals surface area contributed by atoms with Crippen molar-refractivity contribution >= 4 is 17.7 Å². The van der Waals surface area contributed by atoms with Crippen LogP contribution in [0.2, 0.25) is 0 Å². The largest absolute Gasteiger partial charge is 0.481 e. The van der Waals surface area contributed by atoms with Crippen LogP contribution in [0.1, 0.15) is 36.7 Å². The van der Waals surface area contributed by atoms with Crippen LogP contribution in [0.3, 0.4) is 0 Å². The smallest absolute Gasteiger partial charge is 0.307 e. The Bertz CT molecular complexity index is 452. The lowest BCUT2D eigenvalue weighted by atomic mass is 9.98. The number of hydrogen-bond acceptors (Lipinski definition) is 3. The van der Waals surface area contributed by atoms with Crippen molar-refractivity contribution in [3.8, 4) is 0 Å². The number of nitrogens with zero attached hydrogens (tertiary/aromatic N) is 2. The van der Waals surface area contributed by atoms with E-state index < -0.39 is 5.97 Å². The van der Waals surface area contributed by atoms with E-state index in [1.807, 2.05) is 11.8 Å². The Morgan fingerprint density at radius 1 is 1.39 bits per heavy atom. The maximum absolute atomic E-state index is 11.0. The third-order valence-electron chi connectivity index (χ3n) is 4.01. The van der Waals surface area contributed by atoms with Gasteiger partial charge in [0, 0.05) is 25.1 Å². The maximum Gasteiger partial charge on any atom is 0.307 e. The number of fused-ring (bicyclic) bond motifs is 1. The van der Waals surface area contributed by atoms with Crippen molar-refractivity contribution in [3.05, 3.63) is 17.7 Å². The van der Waals surface area contributed by atoms with Gasteiger partial charge in [-0.2, -0.15) is 11.8 Å². The Labute approximate surface area is 111 Å². The van der Waals surface area contributed by atoms with Gasteiger partial charge in [-0.05, 0) is 30.8 Å². The van der Waals surface area contributed by atoms with Crippen molar-refractivity contribution in [2.24, 2.45) is 5.92 Å². The van der Waals surface area contributed by atoms with Crippen molar-refractivity contribution in [3.63, 3.8) is 0 Å². The first-order valence-electron chi connectivity index (χ1n) is 6.60. The fraction of sp³-hybridized carbons (Fsp3) is 0.692. The number of carboxylic acids is 1. The van der Waals surface area contributed by atoms with Crippen LogP contribution in [0, 0.1) is 5.92 Å². The highest BCUT2D eigenvalue weighted by Gasteiger charge is 2.27. The van der Waals surface area contributed by atoms with E-state index >= 15 is 0 Å². The molecule has 3 rings (SSSR count). The molecule has 0 radical (unpaired) electrons. The summed E-state index contributed by atoms with van der Waals surface area (Å²) in [7, 11) is 0. The Morgan fingerprint density at radius 3 is 2.89 bits per heavy atom. The molecule has 0 spiro atoms. The van der Waals surface area contributed by atoms with Crippen LogP contribution in [-0.4, -0.2) is 32.1 Å². The number of aliphatic carboxylic acids is 1. The molecule has 1 unspecified atom stereocenters. The van der Waals surface area contributed by atoms with E-state index in [0.29, 0.717) is 12.3 Å². The monoisotopic (exact) mass is 266 g/mol. The van der Waals surface area contributed by atoms with Crippen molar-refractivity contribution in [2.75, 3.05) is 11.5 Å². The topological polar surface area (TPSA) is 55.1 Å². The highest BCUT2D eigenvalue weighted by Crippen LogP contribution is 2.32. The summed E-state index contributed by atoms with van der Waals surface area (Å²) in [6.07, 6.45) is 5.91. The second kappa shape index (κ2) is 4.96. The highest BCUT2D eigenvalue weighted by atomic mass is 32.2. The summed E-state index contributed by atoms with van der Waals surface area (Å²) >= 11 is 2.02. The van der Waals surface area contributed by atoms with Gasteiger partial charge in [0.1, 0.15) is 5.82 Å². The van der Waals surface area contributed by atoms with Gasteiger partial charge in [0.25, 0.3) is 0 Å². The minimum absolute atomic E-state index is 0.241. The average molecular weight is 266 g/mol. The predicted octanol–water partition coefficient (Wildman–Crippen LogP) is 2.14. The van der Waals surface area contributed by atoms with E-state index in [-0.39, 0.29) is 5.92 Å². The van der Waals surface area contributed by atoms with E-state index in [0.717, 1.165) is 18.8 Å². The first kappa shape index (κ1) is 12.1. The Kier molecular flexibility index (Phi) is 3.33. The highest BCUT2D eigenvalue weighted by molar-refractivity contribution is 7.99. The molecule has 1 aromatic heterocycles. The van der Waals surface area contributed by atoms with Gasteiger partial charge >= 0.3 is 5.97 Å². The van der Waals surface area contributed by atoms with Gasteiger partial charge in [0.15, 0.2) is 0 Å². The Balaban J connectivity index is 1.78. The van der Waals surface area contributed by atoms with Crippen molar-refractivity contribution in [2.45, 2.75) is 38.1 Å². The third kappa shape index (κ3) is 2.28. The molecule has 5 heteroatoms. The number of carbonyl (C=O) groups is 1. The number of imidazole rings is 1. The van der Waals surface area contributed by atoms with Crippen LogP contribution in [0.25, 0.3) is 0 Å². The lowest BCUT2D eigenvalue weighted by Gasteiger charge is -2.19. The van der Waals surface area contributed by atoms with Crippen LogP contribution in [-0.2, 0) is 17.8 Å². The molecular weight excluding hydrogens is 248 g/mol. The molecule has 1 saturated heterocycles. The molecule has 2 aliphatic rings. The maximum atomic E-state index is 11.0. The van der Waals surface area contributed by atoms with Crippen molar-refractivity contribution < 1.29 is 9.90 Å². The van der Waals surface area contributed by atoms with Gasteiger partial charge in [0.2, 0.25) is 0 Å². The molecule has 0 amide bonds. The SMILES string of the molecule is O=C(O)C1CCn2cc(C3CCSCC3)nc2C1. The van der Waals surface area contributed by atoms with Gasteiger partial charge in [-0.1, -0.05) is 0 Å². The van der Waals surface area contributed by atoms with Crippen LogP contribution in [0.15, 0.2) is 6.20 Å². The fourth-order valence-electron chi connectivity index (χ4n) is 2.85. The summed E-state index contributed by atoms with van der Waals surface area (Å²) in [5.41, 5.74) is 1.19. The molecule has 0 aliphatic carbocycles. The second-order valence-corrected chi connectivity index (χ2v) is 6.41. The van der Waals surface area contributed by atoms with Gasteiger partial charge in [-0.15, -0.1) is 0 Å². The van der Waals surface area contributed by atoms with Crippen LogP contribution >= 0.6 is 11.8 Å². The zero-order valence-corrected chi connectivity index (χ0v) is 11.2. The number of aromatic nitrogens is 2. The second-order valence-electron chi connectivity index (χ2n) is 5.19. The zero-order valence-electron chi connectivity index (χ0n) is 10.3. The minimum Gasteiger partial charge on any atom is -0.481 e. The molecule has 0 saturated carbocycles. The molecule has 2 aliphatic heterocycles. The molecule has 1 N–H and O–H groups in total. The van der Waals surface area contributed by atoms with E-state index in [1.54, 1.807) is 0 Å². The quantitative estimate of drug-likeness (QED) is 0.891. The van der Waals surface area contributed by atoms with E-state index in [2.05, 4.69) is 10.8 Å². The van der Waals surface area contributed by atoms with Crippen LogP contribution in [0.5, 0.6) is 0 Å². The first-order valence-corrected chi connectivity index (χ1v) is 7.76. The average Bonchev–Trinajstić information content (AvgIpc) is 2.82. The minimum atomic E-state index is -0.681. The molecule has 0 aromatic carbocycles. The number of rotatable bonds is 2. The molecule has 0 bridgehead atoms. The van der Waals surface area contributed by atoms with Crippen molar-refractivity contribution in [1.29, 1.82) is 0 Å². The number of carboxylic acid groups (broad SMARTS) is 1. The van der Waals surface area contributed by atoms with E-state index in [1.165, 1.54) is 30.0 Å². The number of aryl methyl sites for hydroxylation is 1. The summed E-state index contributed by atoms with van der Waals surface area (Å²) in [6, 6.07) is 0. The molecule has 1 fully saturated rings. The van der Waals surface area contributed by atoms with Crippen LogP contribution < -0.4 is 0 Å². The van der Waals surface area contributed by atoms with Crippen LogP contribution in [0.4, 0.5) is 0 Å². The Hall–Kier alpha value is -0.970. The zero-order chi connectivity index (χ0) is 12.5. The third-order valence-corrected chi connectivity index (χ3v) is 5.06. The predicted molar refractivity (Wildman–Crippen MR) is 71.0 cm³/mol. The summed E-state index contributed by atoms with van der Waals surface area (Å²) < 4.78 is 2.16. The van der Waals surface area contributed by atoms with Gasteiger partial charge in [-0.3, -0.25) is 4.79 Å². The normalized spacial score (nSPS) is 24.8. The lowest BCUT2D eigenvalue weighted by molar-refractivity contribution is -0.142. The van der Waals surface area contributed by atoms with Gasteiger partial charge < -0.3 is 9.67 Å². The molecule has 3 heterocycles. The fourth-order valence-corrected chi connectivity index (χ4v) is 3.96. The van der Waals surface area contributed by atoms with Gasteiger partial charge in [-0.25, -0.2) is 4.98 Å². The number of hydrogen-bond donors (Lipinski definition) is 1. The summed E-state index contributed by atoms with van der Waals surface area (Å²) in [4.78, 5) is 15.7. The van der Waals surface area contributed by atoms with E-state index in [4.69, 9.17) is 10.1 Å². The first-order chi connectivity index (χ1) is 8.74. The molecule has 18 heavy (non-hydrogen) atoms. The molecule has 98 valence electrons. The summed E-state index contributed by atoms with van der Waals surface area (Å²) in [6.45, 7) is 0.806. The van der Waals surface area contributed by atoms with E-state index in [9.17, 15) is 4.79 Å². The molecule has 4 nitrogen and oxygen atoms in total. The lowest BCUT2D eigenvalue weighted by Crippen LogP contribution is -2.25. The standard InChI is InChI=1S/C13H18N2O2S/c16-13(17)10-1-4-15-8-11(14-12(15)7-10)9-2-5-18-6-3-9/h8-10H,1-7H2,(H,16,17). The summed E-state index contributed by atoms with van der Waals surface area (Å²) in [5.74, 6) is 3.10.